The molecule has 0 bridgehead atoms. The Bertz CT molecular complexity index is 817. The van der Waals surface area contributed by atoms with Crippen molar-refractivity contribution >= 4 is 11.8 Å². The molecule has 0 spiro atoms. The van der Waals surface area contributed by atoms with Crippen LogP contribution in [0.15, 0.2) is 54.6 Å². The van der Waals surface area contributed by atoms with E-state index in [2.05, 4.69) is 5.32 Å². The lowest BCUT2D eigenvalue weighted by molar-refractivity contribution is -0.137. The molecule has 1 heterocycles. The molecule has 1 N–H and O–H groups in total. The molecule has 2 amide bonds. The minimum Gasteiger partial charge on any atom is -0.484 e. The highest BCUT2D eigenvalue weighted by Gasteiger charge is 2.27. The summed E-state index contributed by atoms with van der Waals surface area (Å²) < 4.78 is 11.0. The largest absolute Gasteiger partial charge is 0.484 e. The highest BCUT2D eigenvalue weighted by Crippen LogP contribution is 2.19. The zero-order valence-corrected chi connectivity index (χ0v) is 17.5. The van der Waals surface area contributed by atoms with Gasteiger partial charge in [0.1, 0.15) is 5.75 Å². The van der Waals surface area contributed by atoms with Crippen LogP contribution in [0.3, 0.4) is 0 Å². The topological polar surface area (TPSA) is 67.9 Å². The van der Waals surface area contributed by atoms with Gasteiger partial charge in [0.05, 0.1) is 6.61 Å². The molecule has 0 radical (unpaired) electrons. The Balaban J connectivity index is 1.41. The first-order valence-corrected chi connectivity index (χ1v) is 10.5. The maximum absolute atomic E-state index is 12.6. The van der Waals surface area contributed by atoms with Crippen molar-refractivity contribution in [3.05, 3.63) is 65.7 Å². The third kappa shape index (κ3) is 6.32. The molecule has 0 saturated carbocycles. The van der Waals surface area contributed by atoms with Crippen LogP contribution in [0, 0.1) is 5.92 Å². The van der Waals surface area contributed by atoms with Crippen LogP contribution in [0.25, 0.3) is 0 Å². The predicted molar refractivity (Wildman–Crippen MR) is 115 cm³/mol. The second-order valence-electron chi connectivity index (χ2n) is 7.38. The predicted octanol–water partition coefficient (Wildman–Crippen LogP) is 3.16. The number of benzene rings is 2. The summed E-state index contributed by atoms with van der Waals surface area (Å²) in [4.78, 5) is 26.8. The Kier molecular flexibility index (Phi) is 8.27. The van der Waals surface area contributed by atoms with Gasteiger partial charge in [-0.15, -0.1) is 0 Å². The fourth-order valence-electron chi connectivity index (χ4n) is 3.55. The van der Waals surface area contributed by atoms with Crippen molar-refractivity contribution in [2.24, 2.45) is 5.92 Å². The van der Waals surface area contributed by atoms with Gasteiger partial charge in [-0.05, 0) is 43.0 Å². The van der Waals surface area contributed by atoms with Crippen LogP contribution < -0.4 is 10.1 Å². The Labute approximate surface area is 178 Å². The third-order valence-electron chi connectivity index (χ3n) is 5.36. The van der Waals surface area contributed by atoms with E-state index in [4.69, 9.17) is 9.47 Å². The zero-order chi connectivity index (χ0) is 21.2. The van der Waals surface area contributed by atoms with Gasteiger partial charge in [-0.2, -0.15) is 0 Å². The number of piperidine rings is 1. The van der Waals surface area contributed by atoms with Crippen LogP contribution in [-0.2, 0) is 27.5 Å². The summed E-state index contributed by atoms with van der Waals surface area (Å²) >= 11 is 0. The first-order valence-electron chi connectivity index (χ1n) is 10.5. The number of amides is 2. The third-order valence-corrected chi connectivity index (χ3v) is 5.36. The van der Waals surface area contributed by atoms with Gasteiger partial charge in [-0.3, -0.25) is 9.59 Å². The highest BCUT2D eigenvalue weighted by atomic mass is 16.5. The van der Waals surface area contributed by atoms with Gasteiger partial charge in [0, 0.05) is 32.2 Å². The molecule has 0 aromatic heterocycles. The molecule has 0 unspecified atom stereocenters. The fourth-order valence-corrected chi connectivity index (χ4v) is 3.55. The number of hydrogen-bond acceptors (Lipinski definition) is 4. The number of ether oxygens (including phenoxy) is 2. The van der Waals surface area contributed by atoms with Crippen molar-refractivity contribution < 1.29 is 19.1 Å². The normalized spacial score (nSPS) is 14.4. The molecule has 0 atom stereocenters. The van der Waals surface area contributed by atoms with E-state index in [9.17, 15) is 9.59 Å². The molecule has 1 aliphatic heterocycles. The highest BCUT2D eigenvalue weighted by molar-refractivity contribution is 5.80. The summed E-state index contributed by atoms with van der Waals surface area (Å²) in [6, 6.07) is 17.3. The van der Waals surface area contributed by atoms with E-state index in [-0.39, 0.29) is 24.3 Å². The molecule has 1 fully saturated rings. The first kappa shape index (κ1) is 21.8. The van der Waals surface area contributed by atoms with Crippen LogP contribution in [0.5, 0.6) is 5.75 Å². The smallest absolute Gasteiger partial charge is 0.260 e. The molecule has 2 aromatic carbocycles. The van der Waals surface area contributed by atoms with Crippen molar-refractivity contribution in [2.45, 2.75) is 32.9 Å². The minimum absolute atomic E-state index is 0.0253. The van der Waals surface area contributed by atoms with E-state index < -0.39 is 0 Å². The van der Waals surface area contributed by atoms with E-state index >= 15 is 0 Å². The Morgan fingerprint density at radius 2 is 1.67 bits per heavy atom. The van der Waals surface area contributed by atoms with Gasteiger partial charge < -0.3 is 19.7 Å². The van der Waals surface area contributed by atoms with Gasteiger partial charge >= 0.3 is 0 Å². The lowest BCUT2D eigenvalue weighted by Gasteiger charge is -2.31. The van der Waals surface area contributed by atoms with Crippen LogP contribution >= 0.6 is 0 Å². The van der Waals surface area contributed by atoms with Crippen molar-refractivity contribution in [3.8, 4) is 5.75 Å². The van der Waals surface area contributed by atoms with E-state index in [0.717, 1.165) is 11.1 Å². The monoisotopic (exact) mass is 410 g/mol. The molecule has 160 valence electrons. The average molecular weight is 411 g/mol. The van der Waals surface area contributed by atoms with Gasteiger partial charge in [0.25, 0.3) is 5.91 Å². The maximum Gasteiger partial charge on any atom is 0.260 e. The number of carbonyl (C=O) groups is 2. The molecule has 2 aromatic rings. The van der Waals surface area contributed by atoms with E-state index in [1.165, 1.54) is 0 Å². The number of rotatable bonds is 9. The molecule has 6 nitrogen and oxygen atoms in total. The Hall–Kier alpha value is -2.86. The number of hydrogen-bond donors (Lipinski definition) is 1. The van der Waals surface area contributed by atoms with Crippen LogP contribution in [0.4, 0.5) is 0 Å². The summed E-state index contributed by atoms with van der Waals surface area (Å²) in [5.74, 6) is 0.629. The van der Waals surface area contributed by atoms with Gasteiger partial charge in [0.2, 0.25) is 5.91 Å². The molecule has 1 aliphatic rings. The lowest BCUT2D eigenvalue weighted by Crippen LogP contribution is -2.44. The van der Waals surface area contributed by atoms with E-state index in [1.54, 1.807) is 4.90 Å². The van der Waals surface area contributed by atoms with E-state index in [0.29, 0.717) is 51.4 Å². The summed E-state index contributed by atoms with van der Waals surface area (Å²) in [7, 11) is 0. The van der Waals surface area contributed by atoms with Crippen molar-refractivity contribution in [1.29, 1.82) is 0 Å². The van der Waals surface area contributed by atoms with Crippen LogP contribution in [0.1, 0.15) is 30.9 Å². The average Bonchev–Trinajstić information content (AvgIpc) is 2.81. The molecular weight excluding hydrogens is 380 g/mol. The van der Waals surface area contributed by atoms with Gasteiger partial charge in [0.15, 0.2) is 6.61 Å². The van der Waals surface area contributed by atoms with Crippen molar-refractivity contribution in [1.82, 2.24) is 10.2 Å². The van der Waals surface area contributed by atoms with Crippen molar-refractivity contribution in [2.75, 3.05) is 26.3 Å². The molecule has 0 aliphatic carbocycles. The number of nitrogens with zero attached hydrogens (tertiary/aromatic N) is 1. The molecule has 30 heavy (non-hydrogen) atoms. The fraction of sp³-hybridized carbons (Fsp3) is 0.417. The maximum atomic E-state index is 12.6. The Morgan fingerprint density at radius 1 is 1.00 bits per heavy atom. The Morgan fingerprint density at radius 3 is 2.37 bits per heavy atom. The number of nitrogens with one attached hydrogen (secondary N) is 1. The molecule has 6 heteroatoms. The van der Waals surface area contributed by atoms with Crippen molar-refractivity contribution in [3.63, 3.8) is 0 Å². The SMILES string of the molecule is CCOCc1ccccc1CNC(=O)C1CCN(C(=O)COc2ccccc2)CC1. The number of carbonyl (C=O) groups excluding carboxylic acids is 2. The first-order chi connectivity index (χ1) is 14.7. The quantitative estimate of drug-likeness (QED) is 0.690. The van der Waals surface area contributed by atoms with Crippen LogP contribution in [-0.4, -0.2) is 43.0 Å². The molecule has 1 saturated heterocycles. The molecule has 3 rings (SSSR count). The van der Waals surface area contributed by atoms with Gasteiger partial charge in [-0.25, -0.2) is 0 Å². The summed E-state index contributed by atoms with van der Waals surface area (Å²) in [5.41, 5.74) is 2.17. The lowest BCUT2D eigenvalue weighted by atomic mass is 9.95. The summed E-state index contributed by atoms with van der Waals surface area (Å²) in [6.07, 6.45) is 1.34. The van der Waals surface area contributed by atoms with Gasteiger partial charge in [-0.1, -0.05) is 42.5 Å². The summed E-state index contributed by atoms with van der Waals surface area (Å²) in [6.45, 7) is 4.85. The zero-order valence-electron chi connectivity index (χ0n) is 17.5. The second-order valence-corrected chi connectivity index (χ2v) is 7.38. The number of para-hydroxylation sites is 1. The second kappa shape index (κ2) is 11.4. The standard InChI is InChI=1S/C24H30N2O4/c1-2-29-17-21-9-7-6-8-20(21)16-25-24(28)19-12-14-26(15-13-19)23(27)18-30-22-10-4-3-5-11-22/h3-11,19H,2,12-18H2,1H3,(H,25,28). The molecular formula is C24H30N2O4. The number of likely N-dealkylation sites (tertiary alicyclic amines) is 1. The minimum atomic E-state index is -0.0665. The van der Waals surface area contributed by atoms with E-state index in [1.807, 2.05) is 61.5 Å². The summed E-state index contributed by atoms with van der Waals surface area (Å²) in [5, 5.41) is 3.05. The van der Waals surface area contributed by atoms with Crippen LogP contribution in [0.2, 0.25) is 0 Å².